The number of benzene rings is 1. The van der Waals surface area contributed by atoms with Gasteiger partial charge < -0.3 is 9.32 Å². The Hall–Kier alpha value is -2.47. The Morgan fingerprint density at radius 3 is 2.88 bits per heavy atom. The summed E-state index contributed by atoms with van der Waals surface area (Å²) in [5.74, 6) is 1.52. The summed E-state index contributed by atoms with van der Waals surface area (Å²) in [5, 5.41) is 0. The summed E-state index contributed by atoms with van der Waals surface area (Å²) in [6.07, 6.45) is 5.47. The van der Waals surface area contributed by atoms with Crippen molar-refractivity contribution < 1.29 is 9.21 Å². The molecule has 0 spiro atoms. The summed E-state index contributed by atoms with van der Waals surface area (Å²) in [6, 6.07) is 10.1. The van der Waals surface area contributed by atoms with Crippen molar-refractivity contribution in [3.63, 3.8) is 0 Å². The standard InChI is InChI=1S/C20H21N3O2S/c1-14-18(26-13-22-14)20(24)23-10-6-5-9-17(23)19-21-12-16(25-19)11-15-7-3-2-4-8-15/h2-4,7-8,12-13,17H,5-6,9-11H2,1H3. The monoisotopic (exact) mass is 367 g/mol. The van der Waals surface area contributed by atoms with Crippen LogP contribution in [-0.4, -0.2) is 27.3 Å². The molecular formula is C20H21N3O2S. The zero-order chi connectivity index (χ0) is 17.9. The van der Waals surface area contributed by atoms with E-state index in [2.05, 4.69) is 22.1 Å². The number of aryl methyl sites for hydroxylation is 1. The molecule has 1 amide bonds. The molecule has 0 aliphatic carbocycles. The van der Waals surface area contributed by atoms with E-state index in [0.717, 1.165) is 37.3 Å². The van der Waals surface area contributed by atoms with E-state index in [4.69, 9.17) is 4.42 Å². The molecule has 1 atom stereocenters. The van der Waals surface area contributed by atoms with E-state index in [1.165, 1.54) is 16.9 Å². The number of oxazole rings is 1. The number of piperidine rings is 1. The quantitative estimate of drug-likeness (QED) is 0.686. The SMILES string of the molecule is Cc1ncsc1C(=O)N1CCCCC1c1ncc(Cc2ccccc2)o1. The second kappa shape index (κ2) is 7.41. The van der Waals surface area contributed by atoms with E-state index in [-0.39, 0.29) is 11.9 Å². The highest BCUT2D eigenvalue weighted by Gasteiger charge is 2.33. The van der Waals surface area contributed by atoms with E-state index in [9.17, 15) is 4.79 Å². The molecule has 1 aromatic carbocycles. The van der Waals surface area contributed by atoms with Crippen LogP contribution in [0.25, 0.3) is 0 Å². The molecule has 4 rings (SSSR count). The van der Waals surface area contributed by atoms with Gasteiger partial charge in [-0.25, -0.2) is 9.97 Å². The lowest BCUT2D eigenvalue weighted by molar-refractivity contribution is 0.0574. The number of carbonyl (C=O) groups is 1. The normalized spacial score (nSPS) is 17.4. The van der Waals surface area contributed by atoms with Crippen LogP contribution in [0, 0.1) is 6.92 Å². The number of amides is 1. The molecule has 0 bridgehead atoms. The van der Waals surface area contributed by atoms with Gasteiger partial charge in [0.05, 0.1) is 17.4 Å². The number of nitrogens with zero attached hydrogens (tertiary/aromatic N) is 3. The van der Waals surface area contributed by atoms with Gasteiger partial charge in [0.1, 0.15) is 16.7 Å². The molecule has 3 aromatic rings. The number of thiazole rings is 1. The molecule has 3 heterocycles. The third-order valence-corrected chi connectivity index (χ3v) is 5.70. The third kappa shape index (κ3) is 3.42. The van der Waals surface area contributed by atoms with Crippen LogP contribution in [0.1, 0.15) is 57.9 Å². The van der Waals surface area contributed by atoms with E-state index in [1.807, 2.05) is 30.0 Å². The lowest BCUT2D eigenvalue weighted by atomic mass is 10.0. The largest absolute Gasteiger partial charge is 0.443 e. The summed E-state index contributed by atoms with van der Waals surface area (Å²) in [4.78, 5) is 24.3. The predicted molar refractivity (Wildman–Crippen MR) is 100 cm³/mol. The summed E-state index contributed by atoms with van der Waals surface area (Å²) >= 11 is 1.40. The molecule has 26 heavy (non-hydrogen) atoms. The van der Waals surface area contributed by atoms with E-state index >= 15 is 0 Å². The Morgan fingerprint density at radius 1 is 1.27 bits per heavy atom. The number of rotatable bonds is 4. The van der Waals surface area contributed by atoms with Gasteiger partial charge in [-0.05, 0) is 31.7 Å². The first-order valence-corrected chi connectivity index (χ1v) is 9.80. The summed E-state index contributed by atoms with van der Waals surface area (Å²) in [7, 11) is 0. The molecule has 134 valence electrons. The van der Waals surface area contributed by atoms with Crippen molar-refractivity contribution in [3.05, 3.63) is 69.8 Å². The second-order valence-electron chi connectivity index (χ2n) is 6.60. The Bertz CT molecular complexity index is 887. The maximum atomic E-state index is 13.0. The minimum atomic E-state index is -0.0951. The van der Waals surface area contributed by atoms with E-state index < -0.39 is 0 Å². The smallest absolute Gasteiger partial charge is 0.266 e. The van der Waals surface area contributed by atoms with Crippen LogP contribution < -0.4 is 0 Å². The first-order chi connectivity index (χ1) is 12.7. The lowest BCUT2D eigenvalue weighted by Crippen LogP contribution is -2.38. The zero-order valence-corrected chi connectivity index (χ0v) is 15.5. The number of likely N-dealkylation sites (tertiary alicyclic amines) is 1. The highest BCUT2D eigenvalue weighted by Crippen LogP contribution is 2.33. The average Bonchev–Trinajstić information content (AvgIpc) is 3.31. The minimum absolute atomic E-state index is 0.0394. The van der Waals surface area contributed by atoms with Crippen LogP contribution >= 0.6 is 11.3 Å². The predicted octanol–water partition coefficient (Wildman–Crippen LogP) is 4.40. The van der Waals surface area contributed by atoms with Gasteiger partial charge in [0.2, 0.25) is 5.89 Å². The Labute approximate surface area is 156 Å². The van der Waals surface area contributed by atoms with Crippen LogP contribution in [0.3, 0.4) is 0 Å². The molecular weight excluding hydrogens is 346 g/mol. The van der Waals surface area contributed by atoms with Crippen LogP contribution in [-0.2, 0) is 6.42 Å². The number of hydrogen-bond acceptors (Lipinski definition) is 5. The van der Waals surface area contributed by atoms with E-state index in [1.54, 1.807) is 11.7 Å². The van der Waals surface area contributed by atoms with Gasteiger partial charge in [-0.1, -0.05) is 30.3 Å². The van der Waals surface area contributed by atoms with Crippen molar-refractivity contribution >= 4 is 17.2 Å². The van der Waals surface area contributed by atoms with Crippen LogP contribution in [0.5, 0.6) is 0 Å². The van der Waals surface area contributed by atoms with Gasteiger partial charge in [0.25, 0.3) is 5.91 Å². The zero-order valence-electron chi connectivity index (χ0n) is 14.7. The fourth-order valence-corrected chi connectivity index (χ4v) is 4.18. The van der Waals surface area contributed by atoms with Crippen molar-refractivity contribution in [1.29, 1.82) is 0 Å². The van der Waals surface area contributed by atoms with Gasteiger partial charge in [0.15, 0.2) is 0 Å². The first kappa shape index (κ1) is 17.0. The van der Waals surface area contributed by atoms with Crippen molar-refractivity contribution in [2.75, 3.05) is 6.54 Å². The number of carbonyl (C=O) groups excluding carboxylic acids is 1. The lowest BCUT2D eigenvalue weighted by Gasteiger charge is -2.33. The highest BCUT2D eigenvalue weighted by molar-refractivity contribution is 7.11. The minimum Gasteiger partial charge on any atom is -0.443 e. The van der Waals surface area contributed by atoms with Crippen molar-refractivity contribution in [3.8, 4) is 0 Å². The molecule has 2 aromatic heterocycles. The first-order valence-electron chi connectivity index (χ1n) is 8.92. The summed E-state index contributed by atoms with van der Waals surface area (Å²) in [6.45, 7) is 2.61. The van der Waals surface area contributed by atoms with Crippen LogP contribution in [0.4, 0.5) is 0 Å². The third-order valence-electron chi connectivity index (χ3n) is 4.78. The molecule has 1 aliphatic rings. The summed E-state index contributed by atoms with van der Waals surface area (Å²) < 4.78 is 6.04. The van der Waals surface area contributed by atoms with Gasteiger partial charge in [0, 0.05) is 13.0 Å². The molecule has 0 radical (unpaired) electrons. The van der Waals surface area contributed by atoms with Gasteiger partial charge in [-0.2, -0.15) is 0 Å². The number of aromatic nitrogens is 2. The van der Waals surface area contributed by atoms with Gasteiger partial charge >= 0.3 is 0 Å². The Kier molecular flexibility index (Phi) is 4.84. The fourth-order valence-electron chi connectivity index (χ4n) is 3.42. The highest BCUT2D eigenvalue weighted by atomic mass is 32.1. The maximum Gasteiger partial charge on any atom is 0.266 e. The fraction of sp³-hybridized carbons (Fsp3) is 0.350. The van der Waals surface area contributed by atoms with Crippen molar-refractivity contribution in [1.82, 2.24) is 14.9 Å². The van der Waals surface area contributed by atoms with Gasteiger partial charge in [-0.15, -0.1) is 11.3 Å². The molecule has 6 heteroatoms. The molecule has 0 N–H and O–H groups in total. The molecule has 5 nitrogen and oxygen atoms in total. The van der Waals surface area contributed by atoms with Gasteiger partial charge in [-0.3, -0.25) is 4.79 Å². The maximum absolute atomic E-state index is 13.0. The molecule has 1 fully saturated rings. The van der Waals surface area contributed by atoms with Crippen LogP contribution in [0.2, 0.25) is 0 Å². The van der Waals surface area contributed by atoms with Crippen molar-refractivity contribution in [2.45, 2.75) is 38.6 Å². The molecule has 1 saturated heterocycles. The Balaban J connectivity index is 1.55. The number of hydrogen-bond donors (Lipinski definition) is 0. The Morgan fingerprint density at radius 2 is 2.12 bits per heavy atom. The second-order valence-corrected chi connectivity index (χ2v) is 7.46. The molecule has 0 saturated carbocycles. The molecule has 1 unspecified atom stereocenters. The summed E-state index contributed by atoms with van der Waals surface area (Å²) in [5.41, 5.74) is 3.71. The van der Waals surface area contributed by atoms with E-state index in [0.29, 0.717) is 17.2 Å². The molecule has 1 aliphatic heterocycles. The van der Waals surface area contributed by atoms with Crippen molar-refractivity contribution in [2.24, 2.45) is 0 Å². The van der Waals surface area contributed by atoms with Crippen LogP contribution in [0.15, 0.2) is 46.5 Å². The topological polar surface area (TPSA) is 59.2 Å². The average molecular weight is 367 g/mol.